The minimum atomic E-state index is -1.21. The second kappa shape index (κ2) is 5.37. The summed E-state index contributed by atoms with van der Waals surface area (Å²) in [5.74, 6) is -3.89. The molecular formula is C12H17NO7. The van der Waals surface area contributed by atoms with E-state index in [1.54, 1.807) is 0 Å². The molecule has 20 heavy (non-hydrogen) atoms. The van der Waals surface area contributed by atoms with Gasteiger partial charge in [0.05, 0.1) is 19.6 Å². The molecule has 0 radical (unpaired) electrons. The van der Waals surface area contributed by atoms with Crippen molar-refractivity contribution in [1.82, 2.24) is 4.90 Å². The maximum Gasteiger partial charge on any atom is 0.416 e. The van der Waals surface area contributed by atoms with Gasteiger partial charge in [-0.3, -0.25) is 9.59 Å². The number of ether oxygens (including phenoxy) is 4. The molecule has 0 N–H and O–H groups in total. The molecule has 1 aliphatic carbocycles. The highest BCUT2D eigenvalue weighted by Crippen LogP contribution is 2.48. The van der Waals surface area contributed by atoms with E-state index in [0.29, 0.717) is 0 Å². The van der Waals surface area contributed by atoms with Crippen LogP contribution in [0.2, 0.25) is 0 Å². The number of nitrogens with zero attached hydrogens (tertiary/aromatic N) is 1. The Kier molecular flexibility index (Phi) is 3.96. The predicted molar refractivity (Wildman–Crippen MR) is 63.4 cm³/mol. The highest BCUT2D eigenvalue weighted by Gasteiger charge is 2.63. The number of esters is 1. The van der Waals surface area contributed by atoms with Crippen LogP contribution in [0.5, 0.6) is 0 Å². The molecule has 1 saturated carbocycles. The van der Waals surface area contributed by atoms with Crippen LogP contribution in [0.3, 0.4) is 0 Å². The summed E-state index contributed by atoms with van der Waals surface area (Å²) in [4.78, 5) is 36.6. The van der Waals surface area contributed by atoms with Crippen molar-refractivity contribution < 1.29 is 33.3 Å². The highest BCUT2D eigenvalue weighted by atomic mass is 16.7. The molecule has 2 fully saturated rings. The fourth-order valence-corrected chi connectivity index (χ4v) is 2.69. The van der Waals surface area contributed by atoms with Crippen LogP contribution < -0.4 is 0 Å². The lowest BCUT2D eigenvalue weighted by atomic mass is 9.66. The van der Waals surface area contributed by atoms with Gasteiger partial charge in [0, 0.05) is 20.6 Å². The van der Waals surface area contributed by atoms with Crippen molar-refractivity contribution >= 4 is 18.0 Å². The summed E-state index contributed by atoms with van der Waals surface area (Å²) < 4.78 is 19.9. The average molecular weight is 287 g/mol. The van der Waals surface area contributed by atoms with E-state index in [9.17, 15) is 14.4 Å². The van der Waals surface area contributed by atoms with Crippen molar-refractivity contribution in [2.75, 3.05) is 34.5 Å². The second-order valence-corrected chi connectivity index (χ2v) is 4.64. The Labute approximate surface area is 115 Å². The largest absolute Gasteiger partial charge is 0.469 e. The van der Waals surface area contributed by atoms with Crippen molar-refractivity contribution in [2.45, 2.75) is 12.2 Å². The molecule has 1 heterocycles. The minimum Gasteiger partial charge on any atom is -0.469 e. The van der Waals surface area contributed by atoms with Gasteiger partial charge < -0.3 is 18.9 Å². The standard InChI is InChI=1S/C12H17NO7/c1-17-10(15)7-6-12(18-2,19-3)8(7)9(14)13-4-5-20-11(13)16/h7-8H,4-6H2,1-3H3. The van der Waals surface area contributed by atoms with E-state index >= 15 is 0 Å². The molecule has 2 rings (SSSR count). The average Bonchev–Trinajstić information content (AvgIpc) is 2.85. The van der Waals surface area contributed by atoms with Crippen LogP contribution in [-0.2, 0) is 28.5 Å². The van der Waals surface area contributed by atoms with Gasteiger partial charge in [0.1, 0.15) is 12.5 Å². The number of methoxy groups -OCH3 is 3. The third-order valence-corrected chi connectivity index (χ3v) is 3.87. The zero-order chi connectivity index (χ0) is 14.9. The van der Waals surface area contributed by atoms with Crippen LogP contribution in [0.1, 0.15) is 6.42 Å². The Morgan fingerprint density at radius 3 is 2.40 bits per heavy atom. The molecule has 0 aromatic heterocycles. The molecular weight excluding hydrogens is 270 g/mol. The van der Waals surface area contributed by atoms with Crippen molar-refractivity contribution in [1.29, 1.82) is 0 Å². The Morgan fingerprint density at radius 1 is 1.30 bits per heavy atom. The number of imide groups is 1. The Morgan fingerprint density at radius 2 is 1.95 bits per heavy atom. The Bertz CT molecular complexity index is 432. The zero-order valence-electron chi connectivity index (χ0n) is 11.6. The fraction of sp³-hybridized carbons (Fsp3) is 0.750. The number of hydrogen-bond donors (Lipinski definition) is 0. The smallest absolute Gasteiger partial charge is 0.416 e. The molecule has 0 bridgehead atoms. The first-order chi connectivity index (χ1) is 9.50. The van der Waals surface area contributed by atoms with Crippen molar-refractivity contribution in [3.63, 3.8) is 0 Å². The number of rotatable bonds is 4. The van der Waals surface area contributed by atoms with Gasteiger partial charge in [0.25, 0.3) is 0 Å². The summed E-state index contributed by atoms with van der Waals surface area (Å²) in [6.45, 7) is 0.304. The molecule has 0 aromatic rings. The van der Waals surface area contributed by atoms with Gasteiger partial charge in [0.2, 0.25) is 5.91 Å². The minimum absolute atomic E-state index is 0.146. The molecule has 2 amide bonds. The van der Waals surface area contributed by atoms with E-state index < -0.39 is 35.6 Å². The van der Waals surface area contributed by atoms with E-state index in [-0.39, 0.29) is 19.6 Å². The van der Waals surface area contributed by atoms with Gasteiger partial charge in [-0.15, -0.1) is 0 Å². The number of carbonyl (C=O) groups is 3. The first-order valence-corrected chi connectivity index (χ1v) is 6.17. The lowest BCUT2D eigenvalue weighted by Gasteiger charge is -2.50. The normalized spacial score (nSPS) is 27.8. The van der Waals surface area contributed by atoms with Gasteiger partial charge >= 0.3 is 12.1 Å². The van der Waals surface area contributed by atoms with Gasteiger partial charge in [-0.2, -0.15) is 0 Å². The monoisotopic (exact) mass is 287 g/mol. The van der Waals surface area contributed by atoms with E-state index in [4.69, 9.17) is 14.2 Å². The van der Waals surface area contributed by atoms with Crippen molar-refractivity contribution in [3.8, 4) is 0 Å². The summed E-state index contributed by atoms with van der Waals surface area (Å²) in [6, 6.07) is 0. The number of amides is 2. The first kappa shape index (κ1) is 14.7. The van der Waals surface area contributed by atoms with Crippen LogP contribution in [-0.4, -0.2) is 63.1 Å². The number of hydrogen-bond acceptors (Lipinski definition) is 7. The SMILES string of the molecule is COC(=O)C1CC(OC)(OC)C1C(=O)N1CCOC1=O. The fourth-order valence-electron chi connectivity index (χ4n) is 2.69. The molecule has 1 saturated heterocycles. The lowest BCUT2D eigenvalue weighted by Crippen LogP contribution is -2.64. The quantitative estimate of drug-likeness (QED) is 0.520. The van der Waals surface area contributed by atoms with Crippen molar-refractivity contribution in [3.05, 3.63) is 0 Å². The maximum atomic E-state index is 12.5. The maximum absolute atomic E-state index is 12.5. The van der Waals surface area contributed by atoms with E-state index in [1.807, 2.05) is 0 Å². The Balaban J connectivity index is 2.24. The summed E-state index contributed by atoms with van der Waals surface area (Å²) in [7, 11) is 4.02. The molecule has 2 aliphatic rings. The van der Waals surface area contributed by atoms with E-state index in [2.05, 4.69) is 4.74 Å². The summed E-state index contributed by atoms with van der Waals surface area (Å²) >= 11 is 0. The summed E-state index contributed by atoms with van der Waals surface area (Å²) in [6.07, 6.45) is -0.516. The van der Waals surface area contributed by atoms with E-state index in [1.165, 1.54) is 21.3 Å². The highest BCUT2D eigenvalue weighted by molar-refractivity contribution is 5.97. The van der Waals surface area contributed by atoms with Crippen LogP contribution in [0.4, 0.5) is 4.79 Å². The molecule has 1 aliphatic heterocycles. The zero-order valence-corrected chi connectivity index (χ0v) is 11.6. The van der Waals surface area contributed by atoms with Crippen LogP contribution in [0, 0.1) is 11.8 Å². The molecule has 8 heteroatoms. The summed E-state index contributed by atoms with van der Waals surface area (Å²) in [5.41, 5.74) is 0. The van der Waals surface area contributed by atoms with Crippen molar-refractivity contribution in [2.24, 2.45) is 11.8 Å². The van der Waals surface area contributed by atoms with Crippen LogP contribution in [0.15, 0.2) is 0 Å². The molecule has 0 spiro atoms. The first-order valence-electron chi connectivity index (χ1n) is 6.17. The van der Waals surface area contributed by atoms with Gasteiger partial charge in [0.15, 0.2) is 5.79 Å². The van der Waals surface area contributed by atoms with Gasteiger partial charge in [-0.1, -0.05) is 0 Å². The molecule has 2 atom stereocenters. The third-order valence-electron chi connectivity index (χ3n) is 3.87. The second-order valence-electron chi connectivity index (χ2n) is 4.64. The van der Waals surface area contributed by atoms with Crippen LogP contribution in [0.25, 0.3) is 0 Å². The summed E-state index contributed by atoms with van der Waals surface area (Å²) in [5, 5.41) is 0. The predicted octanol–water partition coefficient (Wildman–Crippen LogP) is -0.237. The van der Waals surface area contributed by atoms with Gasteiger partial charge in [-0.05, 0) is 0 Å². The number of cyclic esters (lactones) is 1. The lowest BCUT2D eigenvalue weighted by molar-refractivity contribution is -0.301. The third kappa shape index (κ3) is 2.04. The molecule has 112 valence electrons. The number of carbonyl (C=O) groups excluding carboxylic acids is 3. The molecule has 0 aromatic carbocycles. The van der Waals surface area contributed by atoms with Gasteiger partial charge in [-0.25, -0.2) is 9.69 Å². The topological polar surface area (TPSA) is 91.4 Å². The van der Waals surface area contributed by atoms with Crippen LogP contribution >= 0.6 is 0 Å². The Hall–Kier alpha value is -1.67. The molecule has 8 nitrogen and oxygen atoms in total. The molecule has 2 unspecified atom stereocenters. The van der Waals surface area contributed by atoms with E-state index in [0.717, 1.165) is 4.90 Å².